The number of ether oxygens (including phenoxy) is 1. The highest BCUT2D eigenvalue weighted by Gasteiger charge is 2.30. The quantitative estimate of drug-likeness (QED) is 0.597. The summed E-state index contributed by atoms with van der Waals surface area (Å²) in [7, 11) is 2.02. The summed E-state index contributed by atoms with van der Waals surface area (Å²) in [5.41, 5.74) is 1.44. The van der Waals surface area contributed by atoms with E-state index in [1.807, 2.05) is 25.8 Å². The maximum atomic E-state index is 11.7. The molecule has 0 spiro atoms. The van der Waals surface area contributed by atoms with Crippen molar-refractivity contribution in [2.75, 3.05) is 38.1 Å². The van der Waals surface area contributed by atoms with Gasteiger partial charge in [0, 0.05) is 31.2 Å². The van der Waals surface area contributed by atoms with Crippen LogP contribution < -0.4 is 9.64 Å². The molecule has 1 aliphatic heterocycles. The van der Waals surface area contributed by atoms with E-state index in [0.717, 1.165) is 24.2 Å². The van der Waals surface area contributed by atoms with E-state index in [1.165, 1.54) is 6.33 Å². The van der Waals surface area contributed by atoms with Gasteiger partial charge in [-0.15, -0.1) is 0 Å². The first-order chi connectivity index (χ1) is 12.4. The molecule has 0 radical (unpaired) electrons. The number of hydrogen-bond acceptors (Lipinski definition) is 7. The molecule has 0 unspecified atom stereocenters. The highest BCUT2D eigenvalue weighted by molar-refractivity contribution is 6.32. The molecule has 1 aromatic carbocycles. The van der Waals surface area contributed by atoms with Crippen molar-refractivity contribution < 1.29 is 9.66 Å². The zero-order valence-corrected chi connectivity index (χ0v) is 15.7. The molecule has 0 atom stereocenters. The number of aryl methyl sites for hydroxylation is 2. The van der Waals surface area contributed by atoms with Gasteiger partial charge >= 0.3 is 11.6 Å². The van der Waals surface area contributed by atoms with Gasteiger partial charge in [0.2, 0.25) is 5.82 Å². The van der Waals surface area contributed by atoms with Crippen LogP contribution in [0.3, 0.4) is 0 Å². The van der Waals surface area contributed by atoms with Crippen LogP contribution >= 0.6 is 11.6 Å². The minimum Gasteiger partial charge on any atom is -0.434 e. The summed E-state index contributed by atoms with van der Waals surface area (Å²) in [5.74, 6) is 0.672. The lowest BCUT2D eigenvalue weighted by atomic mass is 10.1. The third-order valence-corrected chi connectivity index (χ3v) is 4.98. The smallest absolute Gasteiger partial charge is 0.373 e. The van der Waals surface area contributed by atoms with Gasteiger partial charge in [0.1, 0.15) is 12.1 Å². The van der Waals surface area contributed by atoms with Crippen LogP contribution in [0.25, 0.3) is 0 Å². The standard InChI is InChI=1S/C17H20ClN5O3/c1-11-8-13(9-12(2)14(11)18)26-17-15(23(24)25)16(19-10-20-17)22-6-4-21(3)5-7-22/h8-10H,4-7H2,1-3H3. The maximum Gasteiger partial charge on any atom is 0.373 e. The average Bonchev–Trinajstić information content (AvgIpc) is 2.60. The molecule has 8 nitrogen and oxygen atoms in total. The number of halogens is 1. The number of aromatic nitrogens is 2. The van der Waals surface area contributed by atoms with E-state index in [0.29, 0.717) is 23.9 Å². The number of hydrogen-bond donors (Lipinski definition) is 0. The fourth-order valence-corrected chi connectivity index (χ4v) is 3.02. The first-order valence-corrected chi connectivity index (χ1v) is 8.62. The molecule has 0 aliphatic carbocycles. The van der Waals surface area contributed by atoms with Gasteiger partial charge in [-0.1, -0.05) is 11.6 Å². The summed E-state index contributed by atoms with van der Waals surface area (Å²) in [5, 5.41) is 12.4. The third-order valence-electron chi connectivity index (χ3n) is 4.38. The topological polar surface area (TPSA) is 84.6 Å². The number of nitrogens with zero attached hydrogens (tertiary/aromatic N) is 5. The second kappa shape index (κ2) is 7.43. The fourth-order valence-electron chi connectivity index (χ4n) is 2.91. The Bertz CT molecular complexity index is 814. The van der Waals surface area contributed by atoms with Crippen molar-refractivity contribution in [1.82, 2.24) is 14.9 Å². The minimum absolute atomic E-state index is 0.0694. The minimum atomic E-state index is -0.487. The number of benzene rings is 1. The number of anilines is 1. The van der Waals surface area contributed by atoms with Crippen molar-refractivity contribution in [2.24, 2.45) is 0 Å². The molecule has 0 saturated carbocycles. The molecule has 9 heteroatoms. The van der Waals surface area contributed by atoms with Crippen molar-refractivity contribution in [3.05, 3.63) is 44.7 Å². The first kappa shape index (κ1) is 18.3. The Balaban J connectivity index is 1.97. The van der Waals surface area contributed by atoms with Gasteiger partial charge in [0.25, 0.3) is 0 Å². The van der Waals surface area contributed by atoms with E-state index in [2.05, 4.69) is 14.9 Å². The maximum absolute atomic E-state index is 11.7. The number of piperazine rings is 1. The van der Waals surface area contributed by atoms with Crippen LogP contribution in [0.1, 0.15) is 11.1 Å². The Morgan fingerprint density at radius 2 is 1.77 bits per heavy atom. The zero-order valence-electron chi connectivity index (χ0n) is 14.9. The summed E-state index contributed by atoms with van der Waals surface area (Å²) in [4.78, 5) is 23.4. The van der Waals surface area contributed by atoms with Gasteiger partial charge in [-0.3, -0.25) is 10.1 Å². The number of nitro groups is 1. The Hall–Kier alpha value is -2.45. The summed E-state index contributed by atoms with van der Waals surface area (Å²) in [6, 6.07) is 3.47. The highest BCUT2D eigenvalue weighted by Crippen LogP contribution is 2.37. The molecule has 26 heavy (non-hydrogen) atoms. The highest BCUT2D eigenvalue weighted by atomic mass is 35.5. The monoisotopic (exact) mass is 377 g/mol. The Morgan fingerprint density at radius 3 is 2.35 bits per heavy atom. The van der Waals surface area contributed by atoms with E-state index in [9.17, 15) is 10.1 Å². The predicted octanol–water partition coefficient (Wildman–Crippen LogP) is 3.20. The van der Waals surface area contributed by atoms with Crippen molar-refractivity contribution >= 4 is 23.1 Å². The first-order valence-electron chi connectivity index (χ1n) is 8.24. The lowest BCUT2D eigenvalue weighted by Crippen LogP contribution is -2.45. The fraction of sp³-hybridized carbons (Fsp3) is 0.412. The van der Waals surface area contributed by atoms with Crippen LogP contribution in [0.15, 0.2) is 18.5 Å². The van der Waals surface area contributed by atoms with Crippen LogP contribution in [0.5, 0.6) is 11.6 Å². The van der Waals surface area contributed by atoms with Gasteiger partial charge in [0.15, 0.2) is 0 Å². The molecule has 1 fully saturated rings. The molecular formula is C17H20ClN5O3. The second-order valence-corrected chi connectivity index (χ2v) is 6.75. The molecule has 1 aliphatic rings. The van der Waals surface area contributed by atoms with Gasteiger partial charge < -0.3 is 14.5 Å². The largest absolute Gasteiger partial charge is 0.434 e. The van der Waals surface area contributed by atoms with Gasteiger partial charge in [-0.2, -0.15) is 4.98 Å². The van der Waals surface area contributed by atoms with E-state index in [1.54, 1.807) is 12.1 Å². The second-order valence-electron chi connectivity index (χ2n) is 6.37. The summed E-state index contributed by atoms with van der Waals surface area (Å²) < 4.78 is 5.75. The van der Waals surface area contributed by atoms with E-state index in [4.69, 9.17) is 16.3 Å². The molecule has 3 rings (SSSR count). The van der Waals surface area contributed by atoms with Crippen LogP contribution in [-0.2, 0) is 0 Å². The lowest BCUT2D eigenvalue weighted by Gasteiger charge is -2.32. The molecule has 1 saturated heterocycles. The van der Waals surface area contributed by atoms with Gasteiger partial charge in [0.05, 0.1) is 4.92 Å². The number of likely N-dealkylation sites (N-methyl/N-ethyl adjacent to an activating group) is 1. The number of rotatable bonds is 4. The third kappa shape index (κ3) is 3.71. The van der Waals surface area contributed by atoms with Gasteiger partial charge in [-0.05, 0) is 44.2 Å². The summed E-state index contributed by atoms with van der Waals surface area (Å²) >= 11 is 6.17. The Labute approximate surface area is 156 Å². The molecule has 2 aromatic rings. The van der Waals surface area contributed by atoms with Crippen molar-refractivity contribution in [2.45, 2.75) is 13.8 Å². The van der Waals surface area contributed by atoms with Crippen LogP contribution in [0.2, 0.25) is 5.02 Å². The van der Waals surface area contributed by atoms with E-state index < -0.39 is 4.92 Å². The van der Waals surface area contributed by atoms with Crippen LogP contribution in [0, 0.1) is 24.0 Å². The molecule has 1 aromatic heterocycles. The normalized spacial score (nSPS) is 15.2. The van der Waals surface area contributed by atoms with Crippen molar-refractivity contribution in [3.8, 4) is 11.6 Å². The van der Waals surface area contributed by atoms with Crippen molar-refractivity contribution in [3.63, 3.8) is 0 Å². The summed E-state index contributed by atoms with van der Waals surface area (Å²) in [6.07, 6.45) is 1.30. The van der Waals surface area contributed by atoms with Crippen molar-refractivity contribution in [1.29, 1.82) is 0 Å². The molecule has 0 amide bonds. The van der Waals surface area contributed by atoms with Crippen LogP contribution in [0.4, 0.5) is 11.5 Å². The molecule has 138 valence electrons. The lowest BCUT2D eigenvalue weighted by molar-refractivity contribution is -0.385. The molecule has 0 N–H and O–H groups in total. The molecule has 2 heterocycles. The molecule has 0 bridgehead atoms. The Morgan fingerprint density at radius 1 is 1.15 bits per heavy atom. The van der Waals surface area contributed by atoms with Gasteiger partial charge in [-0.25, -0.2) is 4.98 Å². The van der Waals surface area contributed by atoms with E-state index >= 15 is 0 Å². The predicted molar refractivity (Wildman–Crippen MR) is 99.4 cm³/mol. The van der Waals surface area contributed by atoms with E-state index in [-0.39, 0.29) is 17.4 Å². The zero-order chi connectivity index (χ0) is 18.8. The average molecular weight is 378 g/mol. The molecular weight excluding hydrogens is 358 g/mol. The summed E-state index contributed by atoms with van der Waals surface area (Å²) in [6.45, 7) is 6.65. The Kier molecular flexibility index (Phi) is 5.24. The SMILES string of the molecule is Cc1cc(Oc2ncnc(N3CCN(C)CC3)c2[N+](=O)[O-])cc(C)c1Cl. The van der Waals surface area contributed by atoms with Crippen LogP contribution in [-0.4, -0.2) is 53.0 Å².